The van der Waals surface area contributed by atoms with Gasteiger partial charge in [-0.3, -0.25) is 4.79 Å². The molecule has 1 aliphatic heterocycles. The summed E-state index contributed by atoms with van der Waals surface area (Å²) in [6, 6.07) is 6.46. The van der Waals surface area contributed by atoms with E-state index in [2.05, 4.69) is 0 Å². The van der Waals surface area contributed by atoms with E-state index in [1.54, 1.807) is 10.6 Å². The number of aryl methyl sites for hydroxylation is 1. The van der Waals surface area contributed by atoms with Gasteiger partial charge in [0, 0.05) is 37.0 Å². The first-order chi connectivity index (χ1) is 9.16. The highest BCUT2D eigenvalue weighted by Crippen LogP contribution is 2.22. The zero-order chi connectivity index (χ0) is 13.4. The van der Waals surface area contributed by atoms with Crippen LogP contribution < -0.4 is 0 Å². The van der Waals surface area contributed by atoms with Gasteiger partial charge in [0.15, 0.2) is 0 Å². The molecule has 100 valence electrons. The van der Waals surface area contributed by atoms with Gasteiger partial charge in [0.05, 0.1) is 5.52 Å². The Hall–Kier alpha value is -1.49. The smallest absolute Gasteiger partial charge is 0.270 e. The first-order valence-corrected chi connectivity index (χ1v) is 7.44. The minimum atomic E-state index is -0.276. The van der Waals surface area contributed by atoms with Crippen LogP contribution in [0.3, 0.4) is 0 Å². The lowest BCUT2D eigenvalue weighted by atomic mass is 10.2. The quantitative estimate of drug-likeness (QED) is 0.801. The van der Waals surface area contributed by atoms with E-state index in [9.17, 15) is 9.18 Å². The van der Waals surface area contributed by atoms with E-state index in [4.69, 9.17) is 0 Å². The number of aromatic nitrogens is 1. The zero-order valence-electron chi connectivity index (χ0n) is 10.7. The van der Waals surface area contributed by atoms with Gasteiger partial charge in [0.2, 0.25) is 0 Å². The third kappa shape index (κ3) is 2.23. The minimum absolute atomic E-state index is 0.0411. The summed E-state index contributed by atoms with van der Waals surface area (Å²) in [6.07, 6.45) is 0. The molecule has 2 aromatic rings. The number of nitrogens with zero attached hydrogens (tertiary/aromatic N) is 2. The van der Waals surface area contributed by atoms with Crippen molar-refractivity contribution in [1.82, 2.24) is 9.47 Å². The van der Waals surface area contributed by atoms with Crippen molar-refractivity contribution in [2.75, 3.05) is 24.6 Å². The van der Waals surface area contributed by atoms with Crippen molar-refractivity contribution in [2.24, 2.45) is 7.05 Å². The highest BCUT2D eigenvalue weighted by Gasteiger charge is 2.21. The number of hydrogen-bond acceptors (Lipinski definition) is 2. The second kappa shape index (κ2) is 4.89. The van der Waals surface area contributed by atoms with Crippen LogP contribution in [0.5, 0.6) is 0 Å². The van der Waals surface area contributed by atoms with E-state index >= 15 is 0 Å². The lowest BCUT2D eigenvalue weighted by Gasteiger charge is -2.26. The SMILES string of the molecule is Cn1c(C(=O)N2CCSCC2)cc2ccc(F)cc21. The first kappa shape index (κ1) is 12.5. The van der Waals surface area contributed by atoms with Gasteiger partial charge in [-0.15, -0.1) is 0 Å². The van der Waals surface area contributed by atoms with Gasteiger partial charge in [-0.2, -0.15) is 11.8 Å². The number of thioether (sulfide) groups is 1. The average Bonchev–Trinajstić information content (AvgIpc) is 2.76. The van der Waals surface area contributed by atoms with Gasteiger partial charge in [-0.25, -0.2) is 4.39 Å². The number of carbonyl (C=O) groups excluding carboxylic acids is 1. The van der Waals surface area contributed by atoms with Crippen LogP contribution in [0.15, 0.2) is 24.3 Å². The fourth-order valence-corrected chi connectivity index (χ4v) is 3.34. The monoisotopic (exact) mass is 278 g/mol. The second-order valence-corrected chi connectivity index (χ2v) is 5.92. The molecule has 0 radical (unpaired) electrons. The maximum atomic E-state index is 13.3. The Bertz CT molecular complexity index is 632. The van der Waals surface area contributed by atoms with Crippen LogP contribution in [0, 0.1) is 5.82 Å². The van der Waals surface area contributed by atoms with Gasteiger partial charge in [0.25, 0.3) is 5.91 Å². The first-order valence-electron chi connectivity index (χ1n) is 6.29. The Morgan fingerprint density at radius 3 is 2.74 bits per heavy atom. The van der Waals surface area contributed by atoms with Gasteiger partial charge >= 0.3 is 0 Å². The number of carbonyl (C=O) groups is 1. The van der Waals surface area contributed by atoms with Crippen molar-refractivity contribution in [3.63, 3.8) is 0 Å². The third-order valence-electron chi connectivity index (χ3n) is 3.52. The van der Waals surface area contributed by atoms with E-state index in [0.29, 0.717) is 5.69 Å². The molecule has 0 aliphatic carbocycles. The summed E-state index contributed by atoms with van der Waals surface area (Å²) in [6.45, 7) is 1.58. The topological polar surface area (TPSA) is 25.2 Å². The average molecular weight is 278 g/mol. The summed E-state index contributed by atoms with van der Waals surface area (Å²) >= 11 is 1.87. The molecular formula is C14H15FN2OS. The van der Waals surface area contributed by atoms with Crippen molar-refractivity contribution in [3.05, 3.63) is 35.8 Å². The molecule has 1 saturated heterocycles. The lowest BCUT2D eigenvalue weighted by molar-refractivity contribution is 0.0763. The Morgan fingerprint density at radius 1 is 1.26 bits per heavy atom. The van der Waals surface area contributed by atoms with Crippen molar-refractivity contribution in [1.29, 1.82) is 0 Å². The molecular weight excluding hydrogens is 263 g/mol. The van der Waals surface area contributed by atoms with Crippen LogP contribution in [-0.2, 0) is 7.05 Å². The predicted molar refractivity (Wildman–Crippen MR) is 76.1 cm³/mol. The highest BCUT2D eigenvalue weighted by atomic mass is 32.2. The maximum absolute atomic E-state index is 13.3. The molecule has 0 atom stereocenters. The number of amides is 1. The standard InChI is InChI=1S/C14H15FN2OS/c1-16-12-9-11(15)3-2-10(12)8-13(16)14(18)17-4-6-19-7-5-17/h2-3,8-9H,4-7H2,1H3. The summed E-state index contributed by atoms with van der Waals surface area (Å²) < 4.78 is 15.1. The van der Waals surface area contributed by atoms with Gasteiger partial charge in [-0.1, -0.05) is 0 Å². The van der Waals surface area contributed by atoms with Gasteiger partial charge < -0.3 is 9.47 Å². The van der Waals surface area contributed by atoms with Crippen LogP contribution in [0.25, 0.3) is 10.9 Å². The van der Waals surface area contributed by atoms with E-state index in [1.165, 1.54) is 12.1 Å². The number of hydrogen-bond donors (Lipinski definition) is 0. The van der Waals surface area contributed by atoms with E-state index in [0.717, 1.165) is 35.5 Å². The van der Waals surface area contributed by atoms with Crippen molar-refractivity contribution in [3.8, 4) is 0 Å². The number of rotatable bonds is 1. The molecule has 0 saturated carbocycles. The molecule has 0 spiro atoms. The lowest BCUT2D eigenvalue weighted by Crippen LogP contribution is -2.38. The molecule has 1 aliphatic rings. The molecule has 0 N–H and O–H groups in total. The summed E-state index contributed by atoms with van der Waals surface area (Å²) in [5.74, 6) is 1.75. The van der Waals surface area contributed by atoms with E-state index in [-0.39, 0.29) is 11.7 Å². The van der Waals surface area contributed by atoms with E-state index in [1.807, 2.05) is 29.8 Å². The fraction of sp³-hybridized carbons (Fsp3) is 0.357. The predicted octanol–water partition coefficient (Wildman–Crippen LogP) is 2.51. The van der Waals surface area contributed by atoms with Crippen molar-refractivity contribution < 1.29 is 9.18 Å². The Kier molecular flexibility index (Phi) is 3.22. The molecule has 0 bridgehead atoms. The highest BCUT2D eigenvalue weighted by molar-refractivity contribution is 7.99. The van der Waals surface area contributed by atoms with Crippen LogP contribution in [0.4, 0.5) is 4.39 Å². The minimum Gasteiger partial charge on any atom is -0.340 e. The van der Waals surface area contributed by atoms with Crippen molar-refractivity contribution >= 4 is 28.6 Å². The normalized spacial score (nSPS) is 16.0. The summed E-state index contributed by atoms with van der Waals surface area (Å²) in [5, 5.41) is 0.902. The molecule has 19 heavy (non-hydrogen) atoms. The Morgan fingerprint density at radius 2 is 2.00 bits per heavy atom. The van der Waals surface area contributed by atoms with Crippen LogP contribution in [0.2, 0.25) is 0 Å². The van der Waals surface area contributed by atoms with Crippen LogP contribution in [0.1, 0.15) is 10.5 Å². The summed E-state index contributed by atoms with van der Waals surface area (Å²) in [4.78, 5) is 14.4. The summed E-state index contributed by atoms with van der Waals surface area (Å²) in [7, 11) is 1.81. The molecule has 5 heteroatoms. The molecule has 3 rings (SSSR count). The number of fused-ring (bicyclic) bond motifs is 1. The molecule has 0 unspecified atom stereocenters. The molecule has 1 aromatic carbocycles. The number of benzene rings is 1. The van der Waals surface area contributed by atoms with Gasteiger partial charge in [-0.05, 0) is 24.3 Å². The Labute approximate surface area is 115 Å². The molecule has 1 amide bonds. The van der Waals surface area contributed by atoms with Crippen molar-refractivity contribution in [2.45, 2.75) is 0 Å². The van der Waals surface area contributed by atoms with Crippen LogP contribution >= 0.6 is 11.8 Å². The van der Waals surface area contributed by atoms with Gasteiger partial charge in [0.1, 0.15) is 11.5 Å². The molecule has 1 aromatic heterocycles. The van der Waals surface area contributed by atoms with Crippen LogP contribution in [-0.4, -0.2) is 40.0 Å². The second-order valence-electron chi connectivity index (χ2n) is 4.70. The molecule has 2 heterocycles. The Balaban J connectivity index is 2.00. The maximum Gasteiger partial charge on any atom is 0.270 e. The fourth-order valence-electron chi connectivity index (χ4n) is 2.44. The molecule has 1 fully saturated rings. The largest absolute Gasteiger partial charge is 0.340 e. The summed E-state index contributed by atoms with van der Waals surface area (Å²) in [5.41, 5.74) is 1.39. The third-order valence-corrected chi connectivity index (χ3v) is 4.47. The number of halogens is 1. The van der Waals surface area contributed by atoms with E-state index < -0.39 is 0 Å². The molecule has 3 nitrogen and oxygen atoms in total. The zero-order valence-corrected chi connectivity index (χ0v) is 11.5.